The lowest BCUT2D eigenvalue weighted by molar-refractivity contribution is -0.156. The predicted molar refractivity (Wildman–Crippen MR) is 157 cm³/mol. The van der Waals surface area contributed by atoms with Gasteiger partial charge in [-0.3, -0.25) is 14.8 Å². The van der Waals surface area contributed by atoms with Gasteiger partial charge in [-0.05, 0) is 89.1 Å². The van der Waals surface area contributed by atoms with Gasteiger partial charge >= 0.3 is 5.97 Å². The van der Waals surface area contributed by atoms with Gasteiger partial charge in [0.1, 0.15) is 6.10 Å². The quantitative estimate of drug-likeness (QED) is 0.283. The van der Waals surface area contributed by atoms with Gasteiger partial charge in [-0.2, -0.15) is 0 Å². The summed E-state index contributed by atoms with van der Waals surface area (Å²) >= 11 is 0. The van der Waals surface area contributed by atoms with E-state index in [2.05, 4.69) is 53.7 Å². The second-order valence-electron chi connectivity index (χ2n) is 10.9. The van der Waals surface area contributed by atoms with Gasteiger partial charge in [0, 0.05) is 29.7 Å². The molecule has 0 saturated carbocycles. The number of H-pyrrole nitrogens is 1. The van der Waals surface area contributed by atoms with E-state index in [9.17, 15) is 4.79 Å². The Bertz CT molecular complexity index is 1460. The maximum absolute atomic E-state index is 12.6. The number of hydrogen-bond donors (Lipinski definition) is 3. The number of anilines is 1. The zero-order valence-electron chi connectivity index (χ0n) is 23.0. The second-order valence-corrected chi connectivity index (χ2v) is 10.9. The molecule has 0 aliphatic carbocycles. The summed E-state index contributed by atoms with van der Waals surface area (Å²) in [6.45, 7) is 7.46. The Morgan fingerprint density at radius 3 is 2.75 bits per heavy atom. The number of ether oxygens (including phenoxy) is 1. The molecule has 4 aromatic rings. The summed E-state index contributed by atoms with van der Waals surface area (Å²) in [4.78, 5) is 32.2. The molecule has 3 N–H and O–H groups in total. The fourth-order valence-corrected chi connectivity index (χ4v) is 5.69. The number of carbonyl (C=O) groups is 1. The van der Waals surface area contributed by atoms with Crippen molar-refractivity contribution in [3.05, 3.63) is 60.7 Å². The minimum Gasteiger partial charge on any atom is -0.462 e. The fraction of sp³-hybridized carbons (Fsp3) is 0.419. The number of nitrogens with zero attached hydrogens (tertiary/aromatic N) is 4. The van der Waals surface area contributed by atoms with Crippen LogP contribution in [0.2, 0.25) is 0 Å². The third-order valence-electron chi connectivity index (χ3n) is 7.99. The highest BCUT2D eigenvalue weighted by molar-refractivity contribution is 5.88. The third kappa shape index (κ3) is 6.16. The first kappa shape index (κ1) is 26.4. The summed E-state index contributed by atoms with van der Waals surface area (Å²) in [6, 6.07) is 14.4. The lowest BCUT2D eigenvalue weighted by Gasteiger charge is -2.32. The van der Waals surface area contributed by atoms with E-state index >= 15 is 0 Å². The standard InChI is InChI=1S/C31H37N7O2/c1-21-3-2-4-28(37-21)30-29(35-20-36-30)23-5-6-27-24(17-23)18-25(19-34-27)33-13-16-38-14-9-22(10-15-38)31(39)40-26-7-11-32-12-8-26/h2-6,17-20,22,26,32-33H,7-16H2,1H3,(H,35,36). The molecule has 0 spiro atoms. The van der Waals surface area contributed by atoms with Gasteiger partial charge in [0.25, 0.3) is 0 Å². The number of nitrogens with one attached hydrogen (secondary N) is 3. The van der Waals surface area contributed by atoms with Gasteiger partial charge in [0.2, 0.25) is 0 Å². The van der Waals surface area contributed by atoms with Gasteiger partial charge in [-0.25, -0.2) is 4.98 Å². The normalized spacial score (nSPS) is 17.2. The number of piperidine rings is 2. The Kier molecular flexibility index (Phi) is 8.02. The molecule has 0 unspecified atom stereocenters. The zero-order valence-corrected chi connectivity index (χ0v) is 23.0. The summed E-state index contributed by atoms with van der Waals surface area (Å²) in [6.07, 6.45) is 7.30. The molecule has 2 aliphatic heterocycles. The number of benzene rings is 1. The van der Waals surface area contributed by atoms with Crippen molar-refractivity contribution in [3.63, 3.8) is 0 Å². The number of aromatic nitrogens is 4. The largest absolute Gasteiger partial charge is 0.462 e. The minimum atomic E-state index is 0.00314. The van der Waals surface area contributed by atoms with Crippen molar-refractivity contribution in [2.45, 2.75) is 38.7 Å². The molecule has 0 amide bonds. The van der Waals surface area contributed by atoms with Gasteiger partial charge in [0.15, 0.2) is 0 Å². The number of aryl methyl sites for hydroxylation is 1. The van der Waals surface area contributed by atoms with Crippen LogP contribution in [0.1, 0.15) is 31.4 Å². The van der Waals surface area contributed by atoms with Crippen LogP contribution in [0.25, 0.3) is 33.5 Å². The molecule has 3 aromatic heterocycles. The Labute approximate surface area is 234 Å². The lowest BCUT2D eigenvalue weighted by atomic mass is 9.96. The molecule has 1 aromatic carbocycles. The van der Waals surface area contributed by atoms with Crippen molar-refractivity contribution in [1.29, 1.82) is 0 Å². The van der Waals surface area contributed by atoms with E-state index in [1.807, 2.05) is 37.4 Å². The average Bonchev–Trinajstić information content (AvgIpc) is 3.48. The van der Waals surface area contributed by atoms with Crippen molar-refractivity contribution in [3.8, 4) is 22.6 Å². The fourth-order valence-electron chi connectivity index (χ4n) is 5.69. The number of rotatable bonds is 8. The highest BCUT2D eigenvalue weighted by atomic mass is 16.5. The van der Waals surface area contributed by atoms with Crippen molar-refractivity contribution in [1.82, 2.24) is 30.2 Å². The van der Waals surface area contributed by atoms with Gasteiger partial charge < -0.3 is 25.3 Å². The summed E-state index contributed by atoms with van der Waals surface area (Å²) in [5, 5.41) is 7.91. The minimum absolute atomic E-state index is 0.00314. The van der Waals surface area contributed by atoms with Gasteiger partial charge in [0.05, 0.1) is 46.7 Å². The SMILES string of the molecule is Cc1cccc(-c2[nH]cnc2-c2ccc3ncc(NCCN4CCC(C(=O)OC5CCNCC5)CC4)cc3c2)n1. The van der Waals surface area contributed by atoms with E-state index in [0.717, 1.165) is 110 Å². The number of likely N-dealkylation sites (tertiary alicyclic amines) is 1. The molecule has 0 bridgehead atoms. The molecular weight excluding hydrogens is 502 g/mol. The Morgan fingerprint density at radius 2 is 1.93 bits per heavy atom. The number of pyridine rings is 2. The number of carbonyl (C=O) groups excluding carboxylic acids is 1. The number of fused-ring (bicyclic) bond motifs is 1. The number of hydrogen-bond acceptors (Lipinski definition) is 8. The summed E-state index contributed by atoms with van der Waals surface area (Å²) in [5.41, 5.74) is 6.59. The molecule has 208 valence electrons. The van der Waals surface area contributed by atoms with Crippen molar-refractivity contribution < 1.29 is 9.53 Å². The molecule has 2 aliphatic rings. The van der Waals surface area contributed by atoms with E-state index in [4.69, 9.17) is 4.74 Å². The highest BCUT2D eigenvalue weighted by Gasteiger charge is 2.28. The van der Waals surface area contributed by atoms with Crippen molar-refractivity contribution in [2.75, 3.05) is 44.6 Å². The predicted octanol–water partition coefficient (Wildman–Crippen LogP) is 4.41. The van der Waals surface area contributed by atoms with Crippen molar-refractivity contribution >= 4 is 22.6 Å². The van der Waals surface area contributed by atoms with Crippen LogP contribution in [0, 0.1) is 12.8 Å². The van der Waals surface area contributed by atoms with Crippen LogP contribution in [-0.4, -0.2) is 76.2 Å². The number of aromatic amines is 1. The van der Waals surface area contributed by atoms with E-state index in [1.165, 1.54) is 0 Å². The van der Waals surface area contributed by atoms with Crippen LogP contribution in [-0.2, 0) is 9.53 Å². The molecule has 0 radical (unpaired) electrons. The van der Waals surface area contributed by atoms with E-state index in [-0.39, 0.29) is 18.0 Å². The molecule has 5 heterocycles. The Morgan fingerprint density at radius 1 is 1.07 bits per heavy atom. The highest BCUT2D eigenvalue weighted by Crippen LogP contribution is 2.30. The molecule has 2 fully saturated rings. The second kappa shape index (κ2) is 12.1. The summed E-state index contributed by atoms with van der Waals surface area (Å²) in [5.74, 6) is 0.0399. The number of esters is 1. The summed E-state index contributed by atoms with van der Waals surface area (Å²) < 4.78 is 5.78. The lowest BCUT2D eigenvalue weighted by Crippen LogP contribution is -2.41. The van der Waals surface area contributed by atoms with Crippen LogP contribution >= 0.6 is 0 Å². The van der Waals surface area contributed by atoms with Crippen LogP contribution in [0.15, 0.2) is 55.0 Å². The maximum Gasteiger partial charge on any atom is 0.309 e. The molecule has 40 heavy (non-hydrogen) atoms. The van der Waals surface area contributed by atoms with E-state index in [1.54, 1.807) is 6.33 Å². The first-order valence-electron chi connectivity index (χ1n) is 14.4. The van der Waals surface area contributed by atoms with E-state index in [0.29, 0.717) is 0 Å². The van der Waals surface area contributed by atoms with Gasteiger partial charge in [-0.15, -0.1) is 0 Å². The molecule has 0 atom stereocenters. The molecule has 6 rings (SSSR count). The first-order valence-corrected chi connectivity index (χ1v) is 14.4. The smallest absolute Gasteiger partial charge is 0.309 e. The van der Waals surface area contributed by atoms with Crippen LogP contribution in [0.4, 0.5) is 5.69 Å². The topological polar surface area (TPSA) is 108 Å². The maximum atomic E-state index is 12.6. The van der Waals surface area contributed by atoms with Crippen LogP contribution in [0.3, 0.4) is 0 Å². The molecule has 9 heteroatoms. The first-order chi connectivity index (χ1) is 19.6. The Hall–Kier alpha value is -3.82. The van der Waals surface area contributed by atoms with E-state index < -0.39 is 0 Å². The molecule has 2 saturated heterocycles. The zero-order chi connectivity index (χ0) is 27.3. The molecule has 9 nitrogen and oxygen atoms in total. The van der Waals surface area contributed by atoms with Gasteiger partial charge in [-0.1, -0.05) is 12.1 Å². The van der Waals surface area contributed by atoms with Crippen LogP contribution < -0.4 is 10.6 Å². The Balaban J connectivity index is 1.03. The number of imidazole rings is 1. The third-order valence-corrected chi connectivity index (χ3v) is 7.99. The molecular formula is C31H37N7O2. The average molecular weight is 540 g/mol. The monoisotopic (exact) mass is 539 g/mol. The van der Waals surface area contributed by atoms with Crippen LogP contribution in [0.5, 0.6) is 0 Å². The summed E-state index contributed by atoms with van der Waals surface area (Å²) in [7, 11) is 0. The van der Waals surface area contributed by atoms with Crippen molar-refractivity contribution in [2.24, 2.45) is 5.92 Å².